The molecule has 0 radical (unpaired) electrons. The quantitative estimate of drug-likeness (QED) is 0.503. The summed E-state index contributed by atoms with van der Waals surface area (Å²) in [5.41, 5.74) is 0. The van der Waals surface area contributed by atoms with E-state index in [1.165, 1.54) is 11.3 Å². The third-order valence-electron chi connectivity index (χ3n) is 4.20. The van der Waals surface area contributed by atoms with Crippen molar-refractivity contribution in [2.45, 2.75) is 18.9 Å². The number of carbonyl (C=O) groups excluding carboxylic acids is 4. The average molecular weight is 399 g/mol. The van der Waals surface area contributed by atoms with Gasteiger partial charge in [0.15, 0.2) is 9.84 Å². The molecular formula is C15H17N3O6S2. The van der Waals surface area contributed by atoms with Gasteiger partial charge in [-0.1, -0.05) is 6.07 Å². The van der Waals surface area contributed by atoms with Gasteiger partial charge in [0.2, 0.25) is 5.91 Å². The van der Waals surface area contributed by atoms with E-state index in [0.29, 0.717) is 17.7 Å². The standard InChI is InChI=1S/C15H17N3O6S2/c19-12(16-10-4-7-26(23,24)9-10)8-18-14(21)13(20)17(15(18)22)5-3-11-2-1-6-25-11/h1-2,6,10H,3-5,7-9H2,(H,16,19)/t10-/m0/s1. The lowest BCUT2D eigenvalue weighted by atomic mass is 10.2. The zero-order valence-electron chi connectivity index (χ0n) is 13.7. The van der Waals surface area contributed by atoms with Crippen LogP contribution < -0.4 is 5.32 Å². The molecule has 2 aliphatic rings. The fourth-order valence-corrected chi connectivity index (χ4v) is 5.26. The second-order valence-electron chi connectivity index (χ2n) is 6.13. The third kappa shape index (κ3) is 3.93. The zero-order chi connectivity index (χ0) is 18.9. The molecular weight excluding hydrogens is 382 g/mol. The summed E-state index contributed by atoms with van der Waals surface area (Å²) in [7, 11) is -3.16. The highest BCUT2D eigenvalue weighted by atomic mass is 32.2. The highest BCUT2D eigenvalue weighted by Crippen LogP contribution is 2.16. The number of hydrogen-bond donors (Lipinski definition) is 1. The minimum absolute atomic E-state index is 0.00545. The van der Waals surface area contributed by atoms with Crippen molar-refractivity contribution in [3.63, 3.8) is 0 Å². The van der Waals surface area contributed by atoms with E-state index in [1.54, 1.807) is 0 Å². The number of imide groups is 2. The predicted octanol–water partition coefficient (Wildman–Crippen LogP) is -0.615. The van der Waals surface area contributed by atoms with E-state index >= 15 is 0 Å². The van der Waals surface area contributed by atoms with Crippen molar-refractivity contribution in [2.75, 3.05) is 24.6 Å². The van der Waals surface area contributed by atoms with Gasteiger partial charge in [-0.2, -0.15) is 0 Å². The van der Waals surface area contributed by atoms with Crippen LogP contribution >= 0.6 is 11.3 Å². The van der Waals surface area contributed by atoms with Crippen molar-refractivity contribution in [1.29, 1.82) is 0 Å². The van der Waals surface area contributed by atoms with Gasteiger partial charge in [-0.3, -0.25) is 19.3 Å². The molecule has 1 aromatic heterocycles. The highest BCUT2D eigenvalue weighted by Gasteiger charge is 2.45. The second kappa shape index (κ2) is 7.16. The van der Waals surface area contributed by atoms with Crippen molar-refractivity contribution in [2.24, 2.45) is 0 Å². The molecule has 0 aliphatic carbocycles. The Balaban J connectivity index is 1.57. The molecule has 0 spiro atoms. The van der Waals surface area contributed by atoms with E-state index in [2.05, 4.69) is 5.32 Å². The molecule has 9 nitrogen and oxygen atoms in total. The van der Waals surface area contributed by atoms with E-state index < -0.39 is 46.2 Å². The maximum atomic E-state index is 12.3. The van der Waals surface area contributed by atoms with Gasteiger partial charge in [0.05, 0.1) is 11.5 Å². The Hall–Kier alpha value is -2.27. The molecule has 1 atom stereocenters. The molecule has 3 heterocycles. The fourth-order valence-electron chi connectivity index (χ4n) is 2.89. The summed E-state index contributed by atoms with van der Waals surface area (Å²) >= 11 is 1.48. The van der Waals surface area contributed by atoms with Crippen LogP contribution in [0, 0.1) is 0 Å². The fraction of sp³-hybridized carbons (Fsp3) is 0.467. The van der Waals surface area contributed by atoms with Gasteiger partial charge in [0.25, 0.3) is 0 Å². The van der Waals surface area contributed by atoms with Crippen LogP contribution in [0.5, 0.6) is 0 Å². The first kappa shape index (κ1) is 18.5. The number of amides is 5. The van der Waals surface area contributed by atoms with Crippen LogP contribution in [0.3, 0.4) is 0 Å². The van der Waals surface area contributed by atoms with Crippen molar-refractivity contribution in [3.8, 4) is 0 Å². The molecule has 5 amide bonds. The lowest BCUT2D eigenvalue weighted by Crippen LogP contribution is -2.45. The largest absolute Gasteiger partial charge is 0.351 e. The highest BCUT2D eigenvalue weighted by molar-refractivity contribution is 7.91. The number of rotatable bonds is 6. The van der Waals surface area contributed by atoms with Gasteiger partial charge in [0.1, 0.15) is 6.54 Å². The summed E-state index contributed by atoms with van der Waals surface area (Å²) in [4.78, 5) is 50.7. The van der Waals surface area contributed by atoms with Gasteiger partial charge in [-0.05, 0) is 17.9 Å². The lowest BCUT2D eigenvalue weighted by molar-refractivity contribution is -0.144. The van der Waals surface area contributed by atoms with Crippen molar-refractivity contribution < 1.29 is 27.6 Å². The summed E-state index contributed by atoms with van der Waals surface area (Å²) in [5.74, 6) is -2.83. The normalized spacial score (nSPS) is 22.3. The van der Waals surface area contributed by atoms with Gasteiger partial charge >= 0.3 is 17.8 Å². The van der Waals surface area contributed by atoms with Crippen LogP contribution in [0.4, 0.5) is 4.79 Å². The maximum absolute atomic E-state index is 12.3. The third-order valence-corrected chi connectivity index (χ3v) is 6.90. The number of sulfone groups is 1. The van der Waals surface area contributed by atoms with Crippen LogP contribution in [0.2, 0.25) is 0 Å². The minimum Gasteiger partial charge on any atom is -0.351 e. The van der Waals surface area contributed by atoms with Gasteiger partial charge in [0, 0.05) is 23.9 Å². The summed E-state index contributed by atoms with van der Waals surface area (Å²) in [5, 5.41) is 4.36. The van der Waals surface area contributed by atoms with Crippen LogP contribution in [0.15, 0.2) is 17.5 Å². The number of nitrogens with one attached hydrogen (secondary N) is 1. The molecule has 2 saturated heterocycles. The van der Waals surface area contributed by atoms with Gasteiger partial charge < -0.3 is 5.32 Å². The van der Waals surface area contributed by atoms with E-state index in [1.807, 2.05) is 17.5 Å². The Kier molecular flexibility index (Phi) is 5.10. The molecule has 26 heavy (non-hydrogen) atoms. The first-order valence-electron chi connectivity index (χ1n) is 7.96. The maximum Gasteiger partial charge on any atom is 0.334 e. The molecule has 0 unspecified atom stereocenters. The van der Waals surface area contributed by atoms with Crippen molar-refractivity contribution in [1.82, 2.24) is 15.1 Å². The zero-order valence-corrected chi connectivity index (χ0v) is 15.3. The Morgan fingerprint density at radius 2 is 1.96 bits per heavy atom. The second-order valence-corrected chi connectivity index (χ2v) is 9.39. The van der Waals surface area contributed by atoms with Crippen LogP contribution in [-0.2, 0) is 30.6 Å². The molecule has 0 aromatic carbocycles. The predicted molar refractivity (Wildman–Crippen MR) is 92.0 cm³/mol. The molecule has 0 saturated carbocycles. The first-order chi connectivity index (χ1) is 12.3. The summed E-state index contributed by atoms with van der Waals surface area (Å²) < 4.78 is 22.8. The molecule has 0 bridgehead atoms. The van der Waals surface area contributed by atoms with E-state index in [9.17, 15) is 27.6 Å². The van der Waals surface area contributed by atoms with E-state index in [0.717, 1.165) is 9.78 Å². The number of carbonyl (C=O) groups is 4. The number of hydrogen-bond acceptors (Lipinski definition) is 7. The molecule has 3 rings (SSSR count). The van der Waals surface area contributed by atoms with Crippen LogP contribution in [0.1, 0.15) is 11.3 Å². The average Bonchev–Trinajstić information content (AvgIpc) is 3.24. The van der Waals surface area contributed by atoms with Crippen molar-refractivity contribution >= 4 is 44.9 Å². The van der Waals surface area contributed by atoms with E-state index in [4.69, 9.17) is 0 Å². The Morgan fingerprint density at radius 1 is 1.23 bits per heavy atom. The van der Waals surface area contributed by atoms with Crippen LogP contribution in [-0.4, -0.2) is 72.6 Å². The number of urea groups is 1. The molecule has 1 aromatic rings. The first-order valence-corrected chi connectivity index (χ1v) is 10.7. The molecule has 2 fully saturated rings. The summed E-state index contributed by atoms with van der Waals surface area (Å²) in [6, 6.07) is 2.34. The lowest BCUT2D eigenvalue weighted by Gasteiger charge is -2.16. The minimum atomic E-state index is -3.16. The monoisotopic (exact) mass is 399 g/mol. The number of nitrogens with zero attached hydrogens (tertiary/aromatic N) is 2. The molecule has 1 N–H and O–H groups in total. The molecule has 11 heteroatoms. The number of thiophene rings is 1. The van der Waals surface area contributed by atoms with Gasteiger partial charge in [-0.25, -0.2) is 18.1 Å². The van der Waals surface area contributed by atoms with Crippen LogP contribution in [0.25, 0.3) is 0 Å². The molecule has 140 valence electrons. The molecule has 2 aliphatic heterocycles. The Labute approximate surface area is 153 Å². The van der Waals surface area contributed by atoms with E-state index in [-0.39, 0.29) is 18.1 Å². The SMILES string of the molecule is O=C(CN1C(=O)C(=O)N(CCc2cccs2)C1=O)N[C@H]1CCS(=O)(=O)C1. The Morgan fingerprint density at radius 3 is 2.58 bits per heavy atom. The smallest absolute Gasteiger partial charge is 0.334 e. The summed E-state index contributed by atoms with van der Waals surface area (Å²) in [6.45, 7) is -0.543. The van der Waals surface area contributed by atoms with Crippen molar-refractivity contribution in [3.05, 3.63) is 22.4 Å². The summed E-state index contributed by atoms with van der Waals surface area (Å²) in [6.07, 6.45) is 0.726. The Bertz CT molecular complexity index is 849. The topological polar surface area (TPSA) is 121 Å². The van der Waals surface area contributed by atoms with Gasteiger partial charge in [-0.15, -0.1) is 11.3 Å².